The number of benzene rings is 2. The molecule has 0 bridgehead atoms. The summed E-state index contributed by atoms with van der Waals surface area (Å²) >= 11 is 0. The smallest absolute Gasteiger partial charge is 0.410 e. The van der Waals surface area contributed by atoms with Crippen LogP contribution in [-0.2, 0) is 49.6 Å². The first-order chi connectivity index (χ1) is 39.0. The molecular weight excluding hydrogens is 1060 g/mol. The number of fused-ring (bicyclic) bond motifs is 1. The number of cyclic esters (lactones) is 1. The lowest BCUT2D eigenvalue weighted by Gasteiger charge is -2.42. The molecule has 4 N–H and O–H groups in total. The van der Waals surface area contributed by atoms with Crippen LogP contribution in [-0.4, -0.2) is 170 Å². The third-order valence-electron chi connectivity index (χ3n) is 16.2. The second kappa shape index (κ2) is 28.1. The first-order valence-electron chi connectivity index (χ1n) is 28.8. The maximum atomic E-state index is 15.6. The van der Waals surface area contributed by atoms with Crippen molar-refractivity contribution in [1.82, 2.24) is 40.3 Å². The van der Waals surface area contributed by atoms with E-state index >= 15 is 4.39 Å². The molecule has 0 spiro atoms. The number of esters is 1. The lowest BCUT2D eigenvalue weighted by atomic mass is 9.91. The largest absolute Gasteiger partial charge is 0.457 e. The minimum absolute atomic E-state index is 0.0117. The van der Waals surface area contributed by atoms with Crippen LogP contribution >= 0.6 is 0 Å². The van der Waals surface area contributed by atoms with Crippen molar-refractivity contribution in [1.29, 1.82) is 0 Å². The number of piperidine rings is 1. The molecule has 2 saturated heterocycles. The lowest BCUT2D eigenvalue weighted by Crippen LogP contribution is -2.58. The standard InChI is InChI=1S/C60H81FN10O11/c1-37(2)55(64-51(74)12-10-9-11-25-69-52(75)21-22-53(69)76)59(79)62-41(6)58(78)63-45-17-15-43(16-18-45)36-71(8)30-28-68(29-31-71)60(80)81-50-20-14-39(4)57(82-54(77)35-47(73)19-13-38(50)3)40(5)32-44-33-48(61)56-49(34-44)70(66-65-56)46-23-26-67(27-24-46)42(7)72/h14-18,20-22,32-34,37-39,41,46-47,50,55,57,73H,9-13,19,23-31,35-36H2,1-8H3,(H2-,62,63,64,74,78,79)/p+1/b20-14+,40-32+/t38-,39-,41-,47+,50-,55-,57-/m0/s1. The van der Waals surface area contributed by atoms with Crippen molar-refractivity contribution in [2.75, 3.05) is 58.2 Å². The Morgan fingerprint density at radius 1 is 0.866 bits per heavy atom. The van der Waals surface area contributed by atoms with E-state index in [0.717, 1.165) is 10.5 Å². The van der Waals surface area contributed by atoms with Gasteiger partial charge in [0.25, 0.3) is 11.8 Å². The van der Waals surface area contributed by atoms with Gasteiger partial charge in [-0.05, 0) is 106 Å². The number of aromatic nitrogens is 3. The van der Waals surface area contributed by atoms with E-state index in [-0.39, 0.29) is 72.8 Å². The first kappa shape index (κ1) is 62.3. The van der Waals surface area contributed by atoms with Crippen LogP contribution in [0.3, 0.4) is 0 Å². The number of ether oxygens (including phenoxy) is 2. The van der Waals surface area contributed by atoms with Crippen molar-refractivity contribution in [3.63, 3.8) is 0 Å². The number of likely N-dealkylation sites (N-methyl/N-ethyl adjacent to an activating group) is 1. The molecule has 0 aliphatic carbocycles. The van der Waals surface area contributed by atoms with Crippen LogP contribution in [0, 0.1) is 23.6 Å². The number of aliphatic hydroxyl groups excluding tert-OH is 1. The number of nitrogens with zero attached hydrogens (tertiary/aromatic N) is 7. The van der Waals surface area contributed by atoms with Gasteiger partial charge in [-0.2, -0.15) is 0 Å². The van der Waals surface area contributed by atoms with Gasteiger partial charge in [0.05, 0.1) is 57.3 Å². The summed E-state index contributed by atoms with van der Waals surface area (Å²) in [6, 6.07) is 8.82. The Bertz CT molecular complexity index is 2890. The molecular formula is C60H82FN10O11+. The number of rotatable bonds is 18. The Hall–Kier alpha value is -7.33. The maximum absolute atomic E-state index is 15.6. The van der Waals surface area contributed by atoms with Crippen molar-refractivity contribution < 1.29 is 61.8 Å². The van der Waals surface area contributed by atoms with Crippen molar-refractivity contribution >= 4 is 70.3 Å². The van der Waals surface area contributed by atoms with Gasteiger partial charge in [0.2, 0.25) is 23.6 Å². The number of hydrogen-bond acceptors (Lipinski definition) is 13. The number of carbonyl (C=O) groups excluding carboxylic acids is 8. The zero-order valence-corrected chi connectivity index (χ0v) is 48.6. The second-order valence-electron chi connectivity index (χ2n) is 23.3. The highest BCUT2D eigenvalue weighted by molar-refractivity contribution is 6.12. The van der Waals surface area contributed by atoms with Crippen molar-refractivity contribution in [3.8, 4) is 0 Å². The number of imide groups is 1. The van der Waals surface area contributed by atoms with Crippen LogP contribution in [0.25, 0.3) is 17.1 Å². The quantitative estimate of drug-likeness (QED) is 0.0377. The Kier molecular flexibility index (Phi) is 21.3. The summed E-state index contributed by atoms with van der Waals surface area (Å²) in [4.78, 5) is 107. The number of hydrogen-bond donors (Lipinski definition) is 4. The molecule has 7 amide bonds. The number of piperazine rings is 1. The average Bonchev–Trinajstić information content (AvgIpc) is 4.01. The van der Waals surface area contributed by atoms with Gasteiger partial charge in [0.15, 0.2) is 5.82 Å². The predicted molar refractivity (Wildman–Crippen MR) is 304 cm³/mol. The number of likely N-dealkylation sites (tertiary alicyclic amines) is 1. The molecule has 444 valence electrons. The number of carbonyl (C=O) groups is 8. The number of nitrogens with one attached hydrogen (secondary N) is 3. The third kappa shape index (κ3) is 16.7. The maximum Gasteiger partial charge on any atom is 0.410 e. The summed E-state index contributed by atoms with van der Waals surface area (Å²) in [6.07, 6.45) is 8.78. The normalized spacial score (nSPS) is 23.2. The molecule has 0 saturated carbocycles. The predicted octanol–water partition coefficient (Wildman–Crippen LogP) is 5.98. The highest BCUT2D eigenvalue weighted by Crippen LogP contribution is 2.31. The summed E-state index contributed by atoms with van der Waals surface area (Å²) in [5.74, 6) is -3.87. The number of halogens is 1. The summed E-state index contributed by atoms with van der Waals surface area (Å²) < 4.78 is 30.3. The minimum Gasteiger partial charge on any atom is -0.457 e. The molecule has 0 unspecified atom stereocenters. The minimum atomic E-state index is -0.979. The molecule has 3 aromatic rings. The third-order valence-corrected chi connectivity index (χ3v) is 16.2. The van der Waals surface area contributed by atoms with Crippen molar-refractivity contribution in [3.05, 3.63) is 83.2 Å². The monoisotopic (exact) mass is 1140 g/mol. The Morgan fingerprint density at radius 3 is 2.21 bits per heavy atom. The molecule has 5 heterocycles. The number of unbranched alkanes of at least 4 members (excludes halogenated alkanes) is 2. The van der Waals surface area contributed by atoms with E-state index < -0.39 is 66.0 Å². The number of quaternary nitrogens is 1. The summed E-state index contributed by atoms with van der Waals surface area (Å²) in [7, 11) is 2.13. The fourth-order valence-corrected chi connectivity index (χ4v) is 11.0. The van der Waals surface area contributed by atoms with Gasteiger partial charge in [-0.25, -0.2) is 13.9 Å². The Morgan fingerprint density at radius 2 is 1.55 bits per heavy atom. The van der Waals surface area contributed by atoms with Gasteiger partial charge in [-0.3, -0.25) is 43.4 Å². The number of aliphatic hydroxyl groups is 1. The van der Waals surface area contributed by atoms with Crippen LogP contribution < -0.4 is 16.0 Å². The molecule has 7 atom stereocenters. The molecule has 21 nitrogen and oxygen atoms in total. The zero-order chi connectivity index (χ0) is 59.4. The Labute approximate surface area is 479 Å². The highest BCUT2D eigenvalue weighted by Gasteiger charge is 2.35. The molecule has 22 heteroatoms. The van der Waals surface area contributed by atoms with E-state index in [1.54, 1.807) is 67.3 Å². The molecule has 2 aromatic carbocycles. The van der Waals surface area contributed by atoms with Gasteiger partial charge in [-0.15, -0.1) is 5.10 Å². The summed E-state index contributed by atoms with van der Waals surface area (Å²) in [6.45, 7) is 16.7. The fraction of sp³-hybridized carbons (Fsp3) is 0.567. The molecule has 2 fully saturated rings. The Balaban J connectivity index is 0.892. The SMILES string of the molecule is CC(=O)N1CCC(n2nnc3c(F)cc(/C=C(\C)[C@H]4OC(=O)C[C@H](O)CC[C@H](C)[C@@H](OC(=O)N5CC[N+](C)(Cc6ccc(NC(=O)[C@H](C)NC(=O)[C@@H](NC(=O)CCCCCN7C(=O)C=CC7=O)C(C)C)cc6)CC5)/C=C/[C@@H]4C)cc32)CC1. The van der Waals surface area contributed by atoms with Crippen molar-refractivity contribution in [2.45, 2.75) is 149 Å². The van der Waals surface area contributed by atoms with Crippen LogP contribution in [0.4, 0.5) is 14.9 Å². The van der Waals surface area contributed by atoms with Gasteiger partial charge in [-0.1, -0.05) is 63.6 Å². The van der Waals surface area contributed by atoms with Crippen LogP contribution in [0.1, 0.15) is 123 Å². The number of amides is 7. The fourth-order valence-electron chi connectivity index (χ4n) is 11.0. The van der Waals surface area contributed by atoms with E-state index in [0.29, 0.717) is 111 Å². The second-order valence-corrected chi connectivity index (χ2v) is 23.3. The molecule has 4 aliphatic rings. The van der Waals surface area contributed by atoms with Gasteiger partial charge < -0.3 is 39.9 Å². The molecule has 1 aromatic heterocycles. The topological polar surface area (TPSA) is 252 Å². The lowest BCUT2D eigenvalue weighted by molar-refractivity contribution is -0.926. The average molecular weight is 1140 g/mol. The van der Waals surface area contributed by atoms with E-state index in [9.17, 15) is 43.5 Å². The molecule has 0 radical (unpaired) electrons. The van der Waals surface area contributed by atoms with E-state index in [2.05, 4.69) is 33.3 Å². The van der Waals surface area contributed by atoms with Gasteiger partial charge in [0.1, 0.15) is 36.4 Å². The van der Waals surface area contributed by atoms with Gasteiger partial charge in [0, 0.05) is 62.3 Å². The molecule has 4 aliphatic heterocycles. The molecule has 82 heavy (non-hydrogen) atoms. The van der Waals surface area contributed by atoms with Crippen LogP contribution in [0.15, 0.2) is 66.3 Å². The first-order valence-corrected chi connectivity index (χ1v) is 28.8. The summed E-state index contributed by atoms with van der Waals surface area (Å²) in [5.41, 5.74) is 3.39. The van der Waals surface area contributed by atoms with Crippen molar-refractivity contribution in [2.24, 2.45) is 17.8 Å². The zero-order valence-electron chi connectivity index (χ0n) is 48.6. The van der Waals surface area contributed by atoms with Crippen LogP contribution in [0.5, 0.6) is 0 Å². The summed E-state index contributed by atoms with van der Waals surface area (Å²) in [5, 5.41) is 27.7. The van der Waals surface area contributed by atoms with E-state index in [1.165, 1.54) is 18.2 Å². The van der Waals surface area contributed by atoms with Crippen LogP contribution in [0.2, 0.25) is 0 Å². The molecule has 7 rings (SSSR count). The van der Waals surface area contributed by atoms with Gasteiger partial charge >= 0.3 is 12.1 Å². The highest BCUT2D eigenvalue weighted by atomic mass is 19.1. The van der Waals surface area contributed by atoms with E-state index in [1.807, 2.05) is 44.2 Å². The number of anilines is 1. The van der Waals surface area contributed by atoms with E-state index in [4.69, 9.17) is 9.47 Å².